The molecule has 0 saturated heterocycles. The van der Waals surface area contributed by atoms with E-state index < -0.39 is 0 Å². The summed E-state index contributed by atoms with van der Waals surface area (Å²) in [5.41, 5.74) is 2.42. The van der Waals surface area contributed by atoms with E-state index in [1.807, 2.05) is 97.0 Å². The van der Waals surface area contributed by atoms with Gasteiger partial charge in [0.2, 0.25) is 0 Å². The van der Waals surface area contributed by atoms with Crippen LogP contribution < -0.4 is 10.6 Å². The molecule has 122 valence electrons. The van der Waals surface area contributed by atoms with E-state index in [2.05, 4.69) is 0 Å². The predicted molar refractivity (Wildman–Crippen MR) is 102 cm³/mol. The minimum atomic E-state index is -0.0872. The first-order valence-electron chi connectivity index (χ1n) is 8.12. The molecule has 0 amide bonds. The van der Waals surface area contributed by atoms with Crippen molar-refractivity contribution in [1.29, 1.82) is 0 Å². The van der Waals surface area contributed by atoms with Crippen molar-refractivity contribution < 1.29 is 0 Å². The molecule has 0 atom stereocenters. The van der Waals surface area contributed by atoms with Crippen molar-refractivity contribution in [3.63, 3.8) is 0 Å². The summed E-state index contributed by atoms with van der Waals surface area (Å²) >= 11 is 0. The lowest BCUT2D eigenvalue weighted by atomic mass is 10.2. The molecule has 1 heterocycles. The third-order valence-electron chi connectivity index (χ3n) is 4.22. The van der Waals surface area contributed by atoms with Crippen molar-refractivity contribution in [2.24, 2.45) is 0 Å². The Hall–Kier alpha value is -3.40. The van der Waals surface area contributed by atoms with Gasteiger partial charge in [0.25, 0.3) is 5.56 Å². The van der Waals surface area contributed by atoms with Gasteiger partial charge in [0.15, 0.2) is 5.82 Å². The molecule has 1 aromatic heterocycles. The molecule has 25 heavy (non-hydrogen) atoms. The average molecular weight is 327 g/mol. The highest BCUT2D eigenvalue weighted by atomic mass is 16.1. The fraction of sp³-hybridized carbons (Fsp3) is 0.0476. The van der Waals surface area contributed by atoms with Crippen LogP contribution in [0.2, 0.25) is 0 Å². The third kappa shape index (κ3) is 2.68. The second-order valence-electron chi connectivity index (χ2n) is 5.79. The Bertz CT molecular complexity index is 1070. The topological polar surface area (TPSA) is 38.1 Å². The minimum Gasteiger partial charge on any atom is -0.280 e. The molecule has 0 aliphatic carbocycles. The van der Waals surface area contributed by atoms with E-state index in [1.54, 1.807) is 4.68 Å². The number of para-hydroxylation sites is 2. The maximum atomic E-state index is 13.2. The summed E-state index contributed by atoms with van der Waals surface area (Å²) in [6.07, 6.45) is 0. The summed E-state index contributed by atoms with van der Waals surface area (Å²) in [5, 5.41) is 2.44. The Morgan fingerprint density at radius 1 is 0.800 bits per heavy atom. The largest absolute Gasteiger partial charge is 0.280 e. The standard InChI is InChI=1S/C21H17N3O/c1-23(17-12-6-3-7-13-17)24-20(16-10-4-2-5-11-16)22-19-15-9-8-14-18(19)21(24)25/h2-15H,1H3. The summed E-state index contributed by atoms with van der Waals surface area (Å²) in [6.45, 7) is 0. The van der Waals surface area contributed by atoms with Crippen LogP contribution in [0.1, 0.15) is 0 Å². The predicted octanol–water partition coefficient (Wildman–Crippen LogP) is 3.96. The molecule has 0 aliphatic rings. The van der Waals surface area contributed by atoms with Crippen LogP contribution in [0.5, 0.6) is 0 Å². The van der Waals surface area contributed by atoms with E-state index in [1.165, 1.54) is 0 Å². The molecule has 4 heteroatoms. The molecule has 0 bridgehead atoms. The molecule has 0 saturated carbocycles. The van der Waals surface area contributed by atoms with Crippen molar-refractivity contribution >= 4 is 16.6 Å². The Morgan fingerprint density at radius 3 is 2.12 bits per heavy atom. The maximum Gasteiger partial charge on any atom is 0.280 e. The SMILES string of the molecule is CN(c1ccccc1)n1c(-c2ccccc2)nc2ccccc2c1=O. The molecule has 0 radical (unpaired) electrons. The Kier molecular flexibility index (Phi) is 3.78. The summed E-state index contributed by atoms with van der Waals surface area (Å²) in [7, 11) is 1.87. The van der Waals surface area contributed by atoms with Gasteiger partial charge in [0.05, 0.1) is 16.6 Å². The van der Waals surface area contributed by atoms with E-state index in [0.717, 1.165) is 11.3 Å². The normalized spacial score (nSPS) is 10.8. The fourth-order valence-corrected chi connectivity index (χ4v) is 2.94. The molecule has 0 fully saturated rings. The van der Waals surface area contributed by atoms with Gasteiger partial charge >= 0.3 is 0 Å². The van der Waals surface area contributed by atoms with E-state index in [4.69, 9.17) is 4.98 Å². The van der Waals surface area contributed by atoms with Crippen LogP contribution in [0, 0.1) is 0 Å². The van der Waals surface area contributed by atoms with Crippen LogP contribution in [0.15, 0.2) is 89.7 Å². The lowest BCUT2D eigenvalue weighted by molar-refractivity contribution is 0.739. The number of rotatable bonds is 3. The van der Waals surface area contributed by atoms with Crippen molar-refractivity contribution in [1.82, 2.24) is 9.66 Å². The number of nitrogens with zero attached hydrogens (tertiary/aromatic N) is 3. The molecule has 0 aliphatic heterocycles. The summed E-state index contributed by atoms with van der Waals surface area (Å²) in [4.78, 5) is 18.0. The van der Waals surface area contributed by atoms with E-state index >= 15 is 0 Å². The summed E-state index contributed by atoms with van der Waals surface area (Å²) in [5.74, 6) is 0.621. The highest BCUT2D eigenvalue weighted by molar-refractivity contribution is 5.80. The first kappa shape index (κ1) is 15.1. The summed E-state index contributed by atoms with van der Waals surface area (Å²) < 4.78 is 1.63. The zero-order valence-electron chi connectivity index (χ0n) is 13.8. The Morgan fingerprint density at radius 2 is 1.40 bits per heavy atom. The number of benzene rings is 3. The second-order valence-corrected chi connectivity index (χ2v) is 5.79. The van der Waals surface area contributed by atoms with Gasteiger partial charge in [-0.15, -0.1) is 0 Å². The van der Waals surface area contributed by atoms with Crippen LogP contribution in [0.4, 0.5) is 5.69 Å². The molecule has 0 unspecified atom stereocenters. The number of hydrogen-bond acceptors (Lipinski definition) is 3. The third-order valence-corrected chi connectivity index (χ3v) is 4.22. The van der Waals surface area contributed by atoms with Gasteiger partial charge in [-0.25, -0.2) is 4.98 Å². The molecular weight excluding hydrogens is 310 g/mol. The lowest BCUT2D eigenvalue weighted by Crippen LogP contribution is -2.37. The van der Waals surface area contributed by atoms with Crippen molar-refractivity contribution in [3.05, 3.63) is 95.3 Å². The van der Waals surface area contributed by atoms with Gasteiger partial charge in [-0.3, -0.25) is 9.80 Å². The van der Waals surface area contributed by atoms with Gasteiger partial charge in [0, 0.05) is 12.6 Å². The quantitative estimate of drug-likeness (QED) is 0.571. The zero-order valence-corrected chi connectivity index (χ0v) is 13.8. The smallest absolute Gasteiger partial charge is 0.280 e. The van der Waals surface area contributed by atoms with E-state index in [0.29, 0.717) is 16.7 Å². The monoisotopic (exact) mass is 327 g/mol. The van der Waals surface area contributed by atoms with Gasteiger partial charge < -0.3 is 0 Å². The molecule has 4 rings (SSSR count). The highest BCUT2D eigenvalue weighted by Gasteiger charge is 2.16. The Balaban J connectivity index is 2.04. The van der Waals surface area contributed by atoms with Crippen molar-refractivity contribution in [3.8, 4) is 11.4 Å². The Labute approximate surface area is 145 Å². The summed E-state index contributed by atoms with van der Waals surface area (Å²) in [6, 6.07) is 27.0. The molecular formula is C21H17N3O. The zero-order chi connectivity index (χ0) is 17.2. The number of hydrogen-bond donors (Lipinski definition) is 0. The van der Waals surface area contributed by atoms with Crippen LogP contribution in [-0.2, 0) is 0 Å². The molecule has 0 N–H and O–H groups in total. The fourth-order valence-electron chi connectivity index (χ4n) is 2.94. The van der Waals surface area contributed by atoms with Gasteiger partial charge in [-0.1, -0.05) is 60.7 Å². The molecule has 3 aromatic carbocycles. The van der Waals surface area contributed by atoms with Crippen LogP contribution >= 0.6 is 0 Å². The minimum absolute atomic E-state index is 0.0872. The molecule has 4 nitrogen and oxygen atoms in total. The lowest BCUT2D eigenvalue weighted by Gasteiger charge is -2.24. The number of fused-ring (bicyclic) bond motifs is 1. The van der Waals surface area contributed by atoms with Crippen LogP contribution in [0.25, 0.3) is 22.3 Å². The average Bonchev–Trinajstić information content (AvgIpc) is 2.69. The van der Waals surface area contributed by atoms with Gasteiger partial charge in [-0.2, -0.15) is 4.68 Å². The van der Waals surface area contributed by atoms with Crippen LogP contribution in [-0.4, -0.2) is 16.7 Å². The highest BCUT2D eigenvalue weighted by Crippen LogP contribution is 2.21. The van der Waals surface area contributed by atoms with E-state index in [9.17, 15) is 4.79 Å². The molecule has 4 aromatic rings. The van der Waals surface area contributed by atoms with Crippen LogP contribution in [0.3, 0.4) is 0 Å². The van der Waals surface area contributed by atoms with Crippen molar-refractivity contribution in [2.45, 2.75) is 0 Å². The number of aromatic nitrogens is 2. The van der Waals surface area contributed by atoms with Gasteiger partial charge in [-0.05, 0) is 24.3 Å². The van der Waals surface area contributed by atoms with E-state index in [-0.39, 0.29) is 5.56 Å². The maximum absolute atomic E-state index is 13.2. The molecule has 0 spiro atoms. The first-order valence-corrected chi connectivity index (χ1v) is 8.12. The second kappa shape index (κ2) is 6.24. The van der Waals surface area contributed by atoms with Crippen molar-refractivity contribution in [2.75, 3.05) is 12.1 Å². The number of anilines is 1. The van der Waals surface area contributed by atoms with Gasteiger partial charge in [0.1, 0.15) is 0 Å². The first-order chi connectivity index (χ1) is 12.3.